The first-order valence-corrected chi connectivity index (χ1v) is 10.8. The number of carbonyl (C=O) groups excluding carboxylic acids is 1. The Hall–Kier alpha value is -0.610. The number of nitrogens with one attached hydrogen (secondary N) is 2. The second kappa shape index (κ2) is 15.3. The van der Waals surface area contributed by atoms with E-state index in [0.29, 0.717) is 18.7 Å². The lowest BCUT2D eigenvalue weighted by molar-refractivity contribution is -0.119. The van der Waals surface area contributed by atoms with E-state index in [2.05, 4.69) is 20.5 Å². The lowest BCUT2D eigenvalue weighted by Gasteiger charge is -2.32. The van der Waals surface area contributed by atoms with Crippen LogP contribution in [0.25, 0.3) is 0 Å². The molecule has 1 amide bonds. The SMILES string of the molecule is CN=C(NCCCCCOC1CCCCC1)NC1CCN(CC(N)=O)CC1.I. The van der Waals surface area contributed by atoms with Gasteiger partial charge in [0.15, 0.2) is 5.96 Å². The quantitative estimate of drug-likeness (QED) is 0.182. The van der Waals surface area contributed by atoms with Crippen LogP contribution in [-0.2, 0) is 9.53 Å². The number of hydrogen-bond acceptors (Lipinski definition) is 4. The van der Waals surface area contributed by atoms with E-state index in [1.54, 1.807) is 0 Å². The molecular weight excluding hydrogens is 469 g/mol. The van der Waals surface area contributed by atoms with Gasteiger partial charge in [-0.3, -0.25) is 14.7 Å². The molecular formula is C20H40IN5O2. The summed E-state index contributed by atoms with van der Waals surface area (Å²) in [5.41, 5.74) is 5.26. The lowest BCUT2D eigenvalue weighted by atomic mass is 9.98. The second-order valence-electron chi connectivity index (χ2n) is 7.85. The van der Waals surface area contributed by atoms with Crippen LogP contribution in [0, 0.1) is 0 Å². The molecule has 28 heavy (non-hydrogen) atoms. The molecule has 164 valence electrons. The van der Waals surface area contributed by atoms with E-state index in [0.717, 1.165) is 57.9 Å². The zero-order chi connectivity index (χ0) is 19.3. The molecule has 8 heteroatoms. The first-order valence-electron chi connectivity index (χ1n) is 10.8. The smallest absolute Gasteiger partial charge is 0.231 e. The number of ether oxygens (including phenoxy) is 1. The van der Waals surface area contributed by atoms with Gasteiger partial charge >= 0.3 is 0 Å². The van der Waals surface area contributed by atoms with E-state index in [1.165, 1.54) is 38.5 Å². The van der Waals surface area contributed by atoms with Crippen LogP contribution in [0.15, 0.2) is 4.99 Å². The van der Waals surface area contributed by atoms with Gasteiger partial charge in [-0.05, 0) is 44.9 Å². The first kappa shape index (κ1) is 25.4. The van der Waals surface area contributed by atoms with Gasteiger partial charge < -0.3 is 21.1 Å². The van der Waals surface area contributed by atoms with Gasteiger partial charge in [0.1, 0.15) is 0 Å². The van der Waals surface area contributed by atoms with Crippen LogP contribution in [0.3, 0.4) is 0 Å². The number of carbonyl (C=O) groups is 1. The molecule has 0 radical (unpaired) electrons. The van der Waals surface area contributed by atoms with Crippen LogP contribution in [0.4, 0.5) is 0 Å². The van der Waals surface area contributed by atoms with Crippen molar-refractivity contribution in [2.45, 2.75) is 76.4 Å². The zero-order valence-corrected chi connectivity index (χ0v) is 19.8. The third-order valence-electron chi connectivity index (χ3n) is 5.55. The molecule has 1 saturated carbocycles. The van der Waals surface area contributed by atoms with Crippen molar-refractivity contribution in [1.82, 2.24) is 15.5 Å². The van der Waals surface area contributed by atoms with E-state index in [-0.39, 0.29) is 29.9 Å². The Labute approximate surface area is 187 Å². The number of aliphatic imine (C=N–C) groups is 1. The number of hydrogen-bond donors (Lipinski definition) is 3. The fourth-order valence-corrected chi connectivity index (χ4v) is 3.94. The van der Waals surface area contributed by atoms with Crippen LogP contribution >= 0.6 is 24.0 Å². The summed E-state index contributed by atoms with van der Waals surface area (Å²) in [7, 11) is 1.82. The van der Waals surface area contributed by atoms with Gasteiger partial charge in [-0.25, -0.2) is 0 Å². The number of unbranched alkanes of at least 4 members (excludes halogenated alkanes) is 2. The second-order valence-corrected chi connectivity index (χ2v) is 7.85. The van der Waals surface area contributed by atoms with Gasteiger partial charge in [-0.1, -0.05) is 19.3 Å². The minimum atomic E-state index is -0.247. The Morgan fingerprint density at radius 2 is 1.82 bits per heavy atom. The van der Waals surface area contributed by atoms with Crippen molar-refractivity contribution in [3.63, 3.8) is 0 Å². The highest BCUT2D eigenvalue weighted by Crippen LogP contribution is 2.20. The number of rotatable bonds is 10. The highest BCUT2D eigenvalue weighted by molar-refractivity contribution is 14.0. The number of amides is 1. The van der Waals surface area contributed by atoms with Crippen molar-refractivity contribution >= 4 is 35.8 Å². The number of halogens is 1. The van der Waals surface area contributed by atoms with E-state index < -0.39 is 0 Å². The molecule has 2 fully saturated rings. The minimum Gasteiger partial charge on any atom is -0.378 e. The average molecular weight is 509 g/mol. The van der Waals surface area contributed by atoms with E-state index >= 15 is 0 Å². The van der Waals surface area contributed by atoms with Crippen LogP contribution < -0.4 is 16.4 Å². The fourth-order valence-electron chi connectivity index (χ4n) is 3.94. The Morgan fingerprint density at radius 3 is 2.46 bits per heavy atom. The maximum absolute atomic E-state index is 11.0. The predicted molar refractivity (Wildman–Crippen MR) is 125 cm³/mol. The molecule has 2 aliphatic rings. The number of guanidine groups is 1. The highest BCUT2D eigenvalue weighted by atomic mass is 127. The molecule has 0 aromatic heterocycles. The van der Waals surface area contributed by atoms with Crippen LogP contribution in [-0.4, -0.2) is 68.7 Å². The molecule has 1 aliphatic heterocycles. The standard InChI is InChI=1S/C20H39N5O2.HI/c1-22-20(24-17-10-13-25(14-11-17)16-19(21)26)23-12-6-3-7-15-27-18-8-4-2-5-9-18;/h17-18H,2-16H2,1H3,(H2,21,26)(H2,22,23,24);1H. The Kier molecular flexibility index (Phi) is 13.9. The van der Waals surface area contributed by atoms with Crippen molar-refractivity contribution < 1.29 is 9.53 Å². The molecule has 0 unspecified atom stereocenters. The Bertz CT molecular complexity index is 450. The normalized spacial score (nSPS) is 19.8. The summed E-state index contributed by atoms with van der Waals surface area (Å²) in [4.78, 5) is 17.4. The summed E-state index contributed by atoms with van der Waals surface area (Å²) >= 11 is 0. The highest BCUT2D eigenvalue weighted by Gasteiger charge is 2.20. The van der Waals surface area contributed by atoms with Gasteiger partial charge in [0, 0.05) is 39.3 Å². The molecule has 0 aromatic carbocycles. The summed E-state index contributed by atoms with van der Waals surface area (Å²) in [5.74, 6) is 0.629. The number of likely N-dealkylation sites (tertiary alicyclic amines) is 1. The summed E-state index contributed by atoms with van der Waals surface area (Å²) in [5, 5.41) is 6.91. The maximum Gasteiger partial charge on any atom is 0.231 e. The summed E-state index contributed by atoms with van der Waals surface area (Å²) in [6.07, 6.45) is 12.6. The fraction of sp³-hybridized carbons (Fsp3) is 0.900. The molecule has 1 saturated heterocycles. The topological polar surface area (TPSA) is 92.0 Å². The lowest BCUT2D eigenvalue weighted by Crippen LogP contribution is -2.49. The van der Waals surface area contributed by atoms with Gasteiger partial charge in [-0.2, -0.15) is 0 Å². The minimum absolute atomic E-state index is 0. The average Bonchev–Trinajstić information content (AvgIpc) is 2.68. The predicted octanol–water partition coefficient (Wildman–Crippen LogP) is 2.24. The molecule has 0 bridgehead atoms. The number of piperidine rings is 1. The van der Waals surface area contributed by atoms with Crippen LogP contribution in [0.2, 0.25) is 0 Å². The van der Waals surface area contributed by atoms with Gasteiger partial charge in [-0.15, -0.1) is 24.0 Å². The molecule has 7 nitrogen and oxygen atoms in total. The van der Waals surface area contributed by atoms with Crippen molar-refractivity contribution in [3.8, 4) is 0 Å². The molecule has 1 aliphatic carbocycles. The maximum atomic E-state index is 11.0. The first-order chi connectivity index (χ1) is 13.2. The third kappa shape index (κ3) is 10.8. The Balaban J connectivity index is 0.00000392. The van der Waals surface area contributed by atoms with Crippen LogP contribution in [0.1, 0.15) is 64.2 Å². The largest absolute Gasteiger partial charge is 0.378 e. The summed E-state index contributed by atoms with van der Waals surface area (Å²) in [6, 6.07) is 0.407. The molecule has 0 aromatic rings. The number of nitrogens with zero attached hydrogens (tertiary/aromatic N) is 2. The Morgan fingerprint density at radius 1 is 1.11 bits per heavy atom. The van der Waals surface area contributed by atoms with Crippen molar-refractivity contribution in [2.24, 2.45) is 10.7 Å². The van der Waals surface area contributed by atoms with E-state index in [4.69, 9.17) is 10.5 Å². The summed E-state index contributed by atoms with van der Waals surface area (Å²) in [6.45, 7) is 4.01. The van der Waals surface area contributed by atoms with Gasteiger partial charge in [0.2, 0.25) is 5.91 Å². The van der Waals surface area contributed by atoms with Crippen molar-refractivity contribution in [1.29, 1.82) is 0 Å². The third-order valence-corrected chi connectivity index (χ3v) is 5.55. The number of nitrogens with two attached hydrogens (primary N) is 1. The molecule has 2 rings (SSSR count). The van der Waals surface area contributed by atoms with E-state index in [9.17, 15) is 4.79 Å². The van der Waals surface area contributed by atoms with Crippen molar-refractivity contribution in [2.75, 3.05) is 39.8 Å². The molecule has 0 atom stereocenters. The zero-order valence-electron chi connectivity index (χ0n) is 17.5. The van der Waals surface area contributed by atoms with Crippen LogP contribution in [0.5, 0.6) is 0 Å². The van der Waals surface area contributed by atoms with Gasteiger partial charge in [0.05, 0.1) is 12.6 Å². The molecule has 0 spiro atoms. The number of primary amides is 1. The molecule has 1 heterocycles. The molecule has 4 N–H and O–H groups in total. The van der Waals surface area contributed by atoms with Gasteiger partial charge in [0.25, 0.3) is 0 Å². The van der Waals surface area contributed by atoms with E-state index in [1.807, 2.05) is 7.05 Å². The summed E-state index contributed by atoms with van der Waals surface area (Å²) < 4.78 is 5.98. The van der Waals surface area contributed by atoms with Crippen molar-refractivity contribution in [3.05, 3.63) is 0 Å². The monoisotopic (exact) mass is 509 g/mol.